The predicted molar refractivity (Wildman–Crippen MR) is 75.4 cm³/mol. The third-order valence-electron chi connectivity index (χ3n) is 3.38. The molecule has 1 heterocycles. The van der Waals surface area contributed by atoms with Gasteiger partial charge >= 0.3 is 0 Å². The summed E-state index contributed by atoms with van der Waals surface area (Å²) in [7, 11) is -3.80. The summed E-state index contributed by atoms with van der Waals surface area (Å²) in [5.41, 5.74) is 5.31. The van der Waals surface area contributed by atoms with Gasteiger partial charge in [0.2, 0.25) is 15.9 Å². The van der Waals surface area contributed by atoms with E-state index in [1.54, 1.807) is 4.90 Å². The fourth-order valence-corrected chi connectivity index (χ4v) is 3.64. The highest BCUT2D eigenvalue weighted by atomic mass is 32.2. The molecule has 1 unspecified atom stereocenters. The molecule has 0 bridgehead atoms. The number of carbonyl (C=O) groups excluding carboxylic acids is 1. The van der Waals surface area contributed by atoms with Gasteiger partial charge in [0.15, 0.2) is 0 Å². The SMILES string of the molecule is NCC(=O)N1CCCC(NS(=O)(=O)c2cccc(F)c2)C1. The lowest BCUT2D eigenvalue weighted by molar-refractivity contribution is -0.130. The van der Waals surface area contributed by atoms with E-state index in [2.05, 4.69) is 4.72 Å². The maximum absolute atomic E-state index is 13.1. The van der Waals surface area contributed by atoms with Crippen LogP contribution in [0.25, 0.3) is 0 Å². The van der Waals surface area contributed by atoms with Gasteiger partial charge in [0.05, 0.1) is 11.4 Å². The lowest BCUT2D eigenvalue weighted by Gasteiger charge is -2.32. The highest BCUT2D eigenvalue weighted by Crippen LogP contribution is 2.15. The van der Waals surface area contributed by atoms with Crippen LogP contribution in [0.15, 0.2) is 29.2 Å². The molecule has 0 aliphatic carbocycles. The number of piperidine rings is 1. The quantitative estimate of drug-likeness (QED) is 0.821. The fourth-order valence-electron chi connectivity index (χ4n) is 2.35. The van der Waals surface area contributed by atoms with Crippen molar-refractivity contribution in [3.63, 3.8) is 0 Å². The number of amides is 1. The summed E-state index contributed by atoms with van der Waals surface area (Å²) in [4.78, 5) is 13.0. The van der Waals surface area contributed by atoms with Crippen LogP contribution in [-0.4, -0.2) is 44.9 Å². The molecular weight excluding hydrogens is 297 g/mol. The van der Waals surface area contributed by atoms with Crippen LogP contribution in [0, 0.1) is 5.82 Å². The molecule has 1 atom stereocenters. The van der Waals surface area contributed by atoms with Crippen LogP contribution < -0.4 is 10.5 Å². The van der Waals surface area contributed by atoms with Crippen molar-refractivity contribution in [2.75, 3.05) is 19.6 Å². The number of nitrogens with one attached hydrogen (secondary N) is 1. The predicted octanol–water partition coefficient (Wildman–Crippen LogP) is 0.0537. The van der Waals surface area contributed by atoms with Crippen molar-refractivity contribution >= 4 is 15.9 Å². The molecule has 2 rings (SSSR count). The van der Waals surface area contributed by atoms with Crippen LogP contribution in [0.5, 0.6) is 0 Å². The minimum absolute atomic E-state index is 0.0939. The molecule has 116 valence electrons. The molecule has 1 aromatic carbocycles. The van der Waals surface area contributed by atoms with Crippen molar-refractivity contribution in [2.24, 2.45) is 5.73 Å². The Morgan fingerprint density at radius 3 is 2.90 bits per heavy atom. The van der Waals surface area contributed by atoms with Gasteiger partial charge in [-0.15, -0.1) is 0 Å². The molecule has 8 heteroatoms. The number of hydrogen-bond acceptors (Lipinski definition) is 4. The minimum atomic E-state index is -3.80. The number of hydrogen-bond donors (Lipinski definition) is 2. The van der Waals surface area contributed by atoms with E-state index >= 15 is 0 Å². The van der Waals surface area contributed by atoms with E-state index in [1.807, 2.05) is 0 Å². The number of nitrogens with zero attached hydrogens (tertiary/aromatic N) is 1. The van der Waals surface area contributed by atoms with E-state index in [-0.39, 0.29) is 29.9 Å². The monoisotopic (exact) mass is 315 g/mol. The molecule has 1 saturated heterocycles. The minimum Gasteiger partial charge on any atom is -0.340 e. The second-order valence-corrected chi connectivity index (χ2v) is 6.68. The largest absolute Gasteiger partial charge is 0.340 e. The van der Waals surface area contributed by atoms with E-state index in [9.17, 15) is 17.6 Å². The summed E-state index contributed by atoms with van der Waals surface area (Å²) < 4.78 is 40.0. The summed E-state index contributed by atoms with van der Waals surface area (Å²) in [5, 5.41) is 0. The molecule has 1 aliphatic rings. The van der Waals surface area contributed by atoms with Crippen LogP contribution in [0.4, 0.5) is 4.39 Å². The lowest BCUT2D eigenvalue weighted by atomic mass is 10.1. The third kappa shape index (κ3) is 3.99. The number of likely N-dealkylation sites (tertiary alicyclic amines) is 1. The molecule has 0 spiro atoms. The Kier molecular flexibility index (Phi) is 4.92. The van der Waals surface area contributed by atoms with E-state index in [1.165, 1.54) is 18.2 Å². The number of benzene rings is 1. The highest BCUT2D eigenvalue weighted by Gasteiger charge is 2.27. The van der Waals surface area contributed by atoms with E-state index in [4.69, 9.17) is 5.73 Å². The van der Waals surface area contributed by atoms with Crippen molar-refractivity contribution < 1.29 is 17.6 Å². The number of rotatable bonds is 4. The zero-order valence-corrected chi connectivity index (χ0v) is 12.3. The van der Waals surface area contributed by atoms with Gasteiger partial charge in [0.25, 0.3) is 0 Å². The molecule has 0 aromatic heterocycles. The lowest BCUT2D eigenvalue weighted by Crippen LogP contribution is -2.50. The Morgan fingerprint density at radius 2 is 2.24 bits per heavy atom. The molecule has 1 aromatic rings. The maximum atomic E-state index is 13.1. The van der Waals surface area contributed by atoms with Crippen LogP contribution in [0.1, 0.15) is 12.8 Å². The standard InChI is InChI=1S/C13H18FN3O3S/c14-10-3-1-5-12(7-10)21(19,20)16-11-4-2-6-17(9-11)13(18)8-15/h1,3,5,7,11,16H,2,4,6,8-9,15H2. The Bertz CT molecular complexity index is 621. The first-order chi connectivity index (χ1) is 9.92. The van der Waals surface area contributed by atoms with Crippen molar-refractivity contribution in [2.45, 2.75) is 23.8 Å². The Balaban J connectivity index is 2.08. The first kappa shape index (κ1) is 15.9. The van der Waals surface area contributed by atoms with Crippen molar-refractivity contribution in [1.29, 1.82) is 0 Å². The van der Waals surface area contributed by atoms with Gasteiger partial charge in [0.1, 0.15) is 5.82 Å². The van der Waals surface area contributed by atoms with Gasteiger partial charge in [-0.25, -0.2) is 17.5 Å². The zero-order valence-electron chi connectivity index (χ0n) is 11.5. The zero-order chi connectivity index (χ0) is 15.5. The molecule has 1 aliphatic heterocycles. The van der Waals surface area contributed by atoms with E-state index in [0.717, 1.165) is 6.07 Å². The van der Waals surface area contributed by atoms with Gasteiger partial charge in [-0.3, -0.25) is 4.79 Å². The molecule has 21 heavy (non-hydrogen) atoms. The Labute approximate surface area is 123 Å². The summed E-state index contributed by atoms with van der Waals surface area (Å²) in [6.45, 7) is 0.766. The molecular formula is C13H18FN3O3S. The Hall–Kier alpha value is -1.51. The second-order valence-electron chi connectivity index (χ2n) is 4.96. The van der Waals surface area contributed by atoms with Gasteiger partial charge in [-0.1, -0.05) is 6.07 Å². The molecule has 1 fully saturated rings. The number of carbonyl (C=O) groups is 1. The number of nitrogens with two attached hydrogens (primary N) is 1. The molecule has 1 amide bonds. The first-order valence-electron chi connectivity index (χ1n) is 6.68. The average Bonchev–Trinajstić information content (AvgIpc) is 2.46. The number of halogens is 1. The summed E-state index contributed by atoms with van der Waals surface area (Å²) >= 11 is 0. The summed E-state index contributed by atoms with van der Waals surface area (Å²) in [6, 6.07) is 4.43. The molecule has 3 N–H and O–H groups in total. The maximum Gasteiger partial charge on any atom is 0.240 e. The van der Waals surface area contributed by atoms with Crippen LogP contribution in [0.2, 0.25) is 0 Å². The van der Waals surface area contributed by atoms with Crippen molar-refractivity contribution in [3.05, 3.63) is 30.1 Å². The first-order valence-corrected chi connectivity index (χ1v) is 8.16. The van der Waals surface area contributed by atoms with Crippen molar-refractivity contribution in [1.82, 2.24) is 9.62 Å². The van der Waals surface area contributed by atoms with Gasteiger partial charge in [-0.2, -0.15) is 0 Å². The van der Waals surface area contributed by atoms with Gasteiger partial charge in [-0.05, 0) is 31.0 Å². The van der Waals surface area contributed by atoms with Crippen LogP contribution >= 0.6 is 0 Å². The number of sulfonamides is 1. The van der Waals surface area contributed by atoms with Crippen molar-refractivity contribution in [3.8, 4) is 0 Å². The fraction of sp³-hybridized carbons (Fsp3) is 0.462. The summed E-state index contributed by atoms with van der Waals surface area (Å²) in [5.74, 6) is -0.814. The van der Waals surface area contributed by atoms with Crippen LogP contribution in [-0.2, 0) is 14.8 Å². The average molecular weight is 315 g/mol. The van der Waals surface area contributed by atoms with E-state index in [0.29, 0.717) is 19.4 Å². The molecule has 0 radical (unpaired) electrons. The van der Waals surface area contributed by atoms with Gasteiger partial charge < -0.3 is 10.6 Å². The smallest absolute Gasteiger partial charge is 0.240 e. The molecule has 0 saturated carbocycles. The summed E-state index contributed by atoms with van der Waals surface area (Å²) in [6.07, 6.45) is 1.32. The topological polar surface area (TPSA) is 92.5 Å². The Morgan fingerprint density at radius 1 is 1.48 bits per heavy atom. The normalized spacial score (nSPS) is 19.5. The molecule has 6 nitrogen and oxygen atoms in total. The van der Waals surface area contributed by atoms with Gasteiger partial charge in [0, 0.05) is 19.1 Å². The highest BCUT2D eigenvalue weighted by molar-refractivity contribution is 7.89. The second kappa shape index (κ2) is 6.50. The van der Waals surface area contributed by atoms with E-state index < -0.39 is 15.8 Å². The van der Waals surface area contributed by atoms with Crippen LogP contribution in [0.3, 0.4) is 0 Å². The third-order valence-corrected chi connectivity index (χ3v) is 4.90.